The van der Waals surface area contributed by atoms with Crippen molar-refractivity contribution in [1.82, 2.24) is 0 Å². The summed E-state index contributed by atoms with van der Waals surface area (Å²) in [6.45, 7) is 2.04. The molecule has 2 rings (SSSR count). The number of ether oxygens (including phenoxy) is 2. The minimum Gasteiger partial charge on any atom is -0.494 e. The van der Waals surface area contributed by atoms with E-state index < -0.39 is 18.6 Å². The predicted molar refractivity (Wildman–Crippen MR) is 109 cm³/mol. The number of carbonyl (C=O) groups is 1. The minimum absolute atomic E-state index is 0.00977. The van der Waals surface area contributed by atoms with E-state index in [-0.39, 0.29) is 13.0 Å². The fourth-order valence-electron chi connectivity index (χ4n) is 2.34. The number of hydrogen-bond donors (Lipinski definition) is 0. The topological polar surface area (TPSA) is 35.5 Å². The molecule has 0 spiro atoms. The van der Waals surface area contributed by atoms with E-state index in [1.54, 1.807) is 54.6 Å². The summed E-state index contributed by atoms with van der Waals surface area (Å²) in [5.74, 6) is 6.53. The van der Waals surface area contributed by atoms with Gasteiger partial charge < -0.3 is 9.47 Å². The number of rotatable bonds is 8. The largest absolute Gasteiger partial charge is 0.494 e. The second kappa shape index (κ2) is 11.7. The smallest absolute Gasteiger partial charge is 0.389 e. The molecule has 0 atom stereocenters. The highest BCUT2D eigenvalue weighted by atomic mass is 19.4. The summed E-state index contributed by atoms with van der Waals surface area (Å²) in [5.41, 5.74) is 1.50. The number of carbonyl (C=O) groups excluding carboxylic acids is 1. The van der Waals surface area contributed by atoms with Crippen LogP contribution in [0.2, 0.25) is 0 Å². The Morgan fingerprint density at radius 2 is 1.53 bits per heavy atom. The molecular weight excluding hydrogens is 393 g/mol. The first-order valence-electron chi connectivity index (χ1n) is 9.66. The fourth-order valence-corrected chi connectivity index (χ4v) is 2.34. The molecule has 0 bridgehead atoms. The lowest BCUT2D eigenvalue weighted by atomic mass is 10.2. The van der Waals surface area contributed by atoms with E-state index in [2.05, 4.69) is 11.8 Å². The predicted octanol–water partition coefficient (Wildman–Crippen LogP) is 6.07. The SMILES string of the molecule is CCC/C=C/C(=O)Oc1ccc(C#Cc2ccc(OCCCC(F)(F)F)cc2)cc1. The first-order valence-corrected chi connectivity index (χ1v) is 9.66. The van der Waals surface area contributed by atoms with Crippen molar-refractivity contribution in [1.29, 1.82) is 0 Å². The standard InChI is InChI=1S/C24H23F3O3/c1-2-3-4-6-23(28)30-22-15-11-20(12-16-22)8-7-19-9-13-21(14-10-19)29-18-5-17-24(25,26)27/h4,6,9-16H,2-3,5,17-18H2,1H3/b6-4+. The van der Waals surface area contributed by atoms with Gasteiger partial charge in [-0.3, -0.25) is 0 Å². The van der Waals surface area contributed by atoms with Crippen LogP contribution in [0.25, 0.3) is 0 Å². The Morgan fingerprint density at radius 3 is 2.07 bits per heavy atom. The number of alkyl halides is 3. The van der Waals surface area contributed by atoms with Gasteiger partial charge in [-0.25, -0.2) is 4.79 Å². The molecule has 0 aromatic heterocycles. The van der Waals surface area contributed by atoms with Crippen molar-refractivity contribution in [2.24, 2.45) is 0 Å². The summed E-state index contributed by atoms with van der Waals surface area (Å²) in [4.78, 5) is 11.6. The zero-order valence-corrected chi connectivity index (χ0v) is 16.7. The van der Waals surface area contributed by atoms with Gasteiger partial charge in [0.15, 0.2) is 0 Å². The summed E-state index contributed by atoms with van der Waals surface area (Å²) in [7, 11) is 0. The average Bonchev–Trinajstić information content (AvgIpc) is 2.71. The van der Waals surface area contributed by atoms with Crippen LogP contribution in [0.3, 0.4) is 0 Å². The van der Waals surface area contributed by atoms with Crippen LogP contribution in [0.5, 0.6) is 11.5 Å². The summed E-state index contributed by atoms with van der Waals surface area (Å²) < 4.78 is 46.8. The quantitative estimate of drug-likeness (QED) is 0.172. The maximum absolute atomic E-state index is 12.1. The molecule has 0 unspecified atom stereocenters. The second-order valence-corrected chi connectivity index (χ2v) is 6.48. The van der Waals surface area contributed by atoms with Crippen molar-refractivity contribution in [3.63, 3.8) is 0 Å². The highest BCUT2D eigenvalue weighted by molar-refractivity contribution is 5.83. The molecule has 0 saturated carbocycles. The van der Waals surface area contributed by atoms with E-state index in [1.165, 1.54) is 6.08 Å². The molecule has 0 radical (unpaired) electrons. The van der Waals surface area contributed by atoms with Gasteiger partial charge in [0.1, 0.15) is 11.5 Å². The van der Waals surface area contributed by atoms with Gasteiger partial charge in [0.05, 0.1) is 6.61 Å². The molecule has 0 saturated heterocycles. The van der Waals surface area contributed by atoms with Gasteiger partial charge in [-0.1, -0.05) is 31.3 Å². The number of benzene rings is 2. The molecule has 6 heteroatoms. The molecule has 0 aliphatic heterocycles. The lowest BCUT2D eigenvalue weighted by Crippen LogP contribution is -2.09. The Labute approximate surface area is 174 Å². The third-order valence-corrected chi connectivity index (χ3v) is 3.86. The van der Waals surface area contributed by atoms with Crippen molar-refractivity contribution in [2.75, 3.05) is 6.61 Å². The van der Waals surface area contributed by atoms with E-state index in [0.29, 0.717) is 11.5 Å². The molecule has 2 aromatic carbocycles. The van der Waals surface area contributed by atoms with Crippen molar-refractivity contribution < 1.29 is 27.4 Å². The van der Waals surface area contributed by atoms with E-state index in [1.807, 2.05) is 6.92 Å². The van der Waals surface area contributed by atoms with Crippen LogP contribution in [-0.2, 0) is 4.79 Å². The molecule has 0 heterocycles. The van der Waals surface area contributed by atoms with Crippen molar-refractivity contribution in [2.45, 2.75) is 38.8 Å². The first kappa shape index (κ1) is 23.1. The third-order valence-electron chi connectivity index (χ3n) is 3.86. The summed E-state index contributed by atoms with van der Waals surface area (Å²) in [5, 5.41) is 0. The number of esters is 1. The Balaban J connectivity index is 1.84. The molecule has 0 N–H and O–H groups in total. The van der Waals surface area contributed by atoms with Gasteiger partial charge in [-0.2, -0.15) is 13.2 Å². The molecule has 30 heavy (non-hydrogen) atoms. The summed E-state index contributed by atoms with van der Waals surface area (Å²) in [6.07, 6.45) is -0.102. The van der Waals surface area contributed by atoms with E-state index in [0.717, 1.165) is 24.0 Å². The zero-order chi connectivity index (χ0) is 21.8. The molecule has 0 fully saturated rings. The highest BCUT2D eigenvalue weighted by Crippen LogP contribution is 2.21. The summed E-state index contributed by atoms with van der Waals surface area (Å²) >= 11 is 0. The molecule has 3 nitrogen and oxygen atoms in total. The van der Waals surface area contributed by atoms with Crippen molar-refractivity contribution in [3.05, 3.63) is 71.8 Å². The van der Waals surface area contributed by atoms with Crippen LogP contribution in [0, 0.1) is 11.8 Å². The first-order chi connectivity index (χ1) is 14.4. The van der Waals surface area contributed by atoms with Gasteiger partial charge >= 0.3 is 12.1 Å². The van der Waals surface area contributed by atoms with Gasteiger partial charge in [0.25, 0.3) is 0 Å². The lowest BCUT2D eigenvalue weighted by Gasteiger charge is -2.08. The molecule has 0 aliphatic carbocycles. The molecule has 0 amide bonds. The van der Waals surface area contributed by atoms with Crippen LogP contribution in [0.4, 0.5) is 13.2 Å². The Hall–Kier alpha value is -3.20. The number of halogens is 3. The zero-order valence-electron chi connectivity index (χ0n) is 16.7. The molecule has 158 valence electrons. The van der Waals surface area contributed by atoms with Gasteiger partial charge in [-0.05, 0) is 61.4 Å². The Bertz CT molecular complexity index is 887. The molecular formula is C24H23F3O3. The average molecular weight is 416 g/mol. The van der Waals surface area contributed by atoms with Gasteiger partial charge in [0.2, 0.25) is 0 Å². The van der Waals surface area contributed by atoms with E-state index >= 15 is 0 Å². The van der Waals surface area contributed by atoms with E-state index in [4.69, 9.17) is 9.47 Å². The molecule has 2 aromatic rings. The number of unbranched alkanes of at least 4 members (excludes halogenated alkanes) is 1. The lowest BCUT2D eigenvalue weighted by molar-refractivity contribution is -0.136. The van der Waals surface area contributed by atoms with Crippen LogP contribution in [0.1, 0.15) is 43.7 Å². The van der Waals surface area contributed by atoms with Crippen LogP contribution in [0.15, 0.2) is 60.7 Å². The fraction of sp³-hybridized carbons (Fsp3) is 0.292. The highest BCUT2D eigenvalue weighted by Gasteiger charge is 2.26. The monoisotopic (exact) mass is 416 g/mol. The van der Waals surface area contributed by atoms with Crippen LogP contribution < -0.4 is 9.47 Å². The summed E-state index contributed by atoms with van der Waals surface area (Å²) in [6, 6.07) is 13.7. The maximum Gasteiger partial charge on any atom is 0.389 e. The Morgan fingerprint density at radius 1 is 0.967 bits per heavy atom. The van der Waals surface area contributed by atoms with Gasteiger partial charge in [0, 0.05) is 23.6 Å². The number of allylic oxidation sites excluding steroid dienone is 1. The van der Waals surface area contributed by atoms with Crippen molar-refractivity contribution >= 4 is 5.97 Å². The molecule has 0 aliphatic rings. The Kier molecular flexibility index (Phi) is 9.02. The minimum atomic E-state index is -4.16. The van der Waals surface area contributed by atoms with E-state index in [9.17, 15) is 18.0 Å². The normalized spacial score (nSPS) is 11.1. The van der Waals surface area contributed by atoms with Crippen LogP contribution >= 0.6 is 0 Å². The van der Waals surface area contributed by atoms with Crippen LogP contribution in [-0.4, -0.2) is 18.8 Å². The maximum atomic E-state index is 12.1. The van der Waals surface area contributed by atoms with Crippen molar-refractivity contribution in [3.8, 4) is 23.3 Å². The number of hydrogen-bond acceptors (Lipinski definition) is 3. The van der Waals surface area contributed by atoms with Gasteiger partial charge in [-0.15, -0.1) is 0 Å². The third kappa shape index (κ3) is 9.33. The second-order valence-electron chi connectivity index (χ2n) is 6.48.